The van der Waals surface area contributed by atoms with Gasteiger partial charge in [-0.2, -0.15) is 0 Å². The summed E-state index contributed by atoms with van der Waals surface area (Å²) in [6.07, 6.45) is 0.220. The topological polar surface area (TPSA) is 109 Å². The lowest BCUT2D eigenvalue weighted by molar-refractivity contribution is -0.120. The van der Waals surface area contributed by atoms with Crippen LogP contribution >= 0.6 is 0 Å². The second-order valence-electron chi connectivity index (χ2n) is 4.40. The van der Waals surface area contributed by atoms with Crippen LogP contribution in [0.5, 0.6) is 0 Å². The maximum absolute atomic E-state index is 12.1. The van der Waals surface area contributed by atoms with Crippen molar-refractivity contribution in [3.05, 3.63) is 36.0 Å². The zero-order valence-electron chi connectivity index (χ0n) is 11.6. The second-order valence-corrected chi connectivity index (χ2v) is 4.40. The molecule has 7 heteroatoms. The van der Waals surface area contributed by atoms with Crippen LogP contribution < -0.4 is 21.9 Å². The highest BCUT2D eigenvalue weighted by Gasteiger charge is 2.11. The van der Waals surface area contributed by atoms with Crippen LogP contribution in [-0.4, -0.2) is 30.4 Å². The molecular formula is C14H17N5O2. The number of aromatic nitrogens is 1. The van der Waals surface area contributed by atoms with Crippen LogP contribution in [-0.2, 0) is 4.79 Å². The molecule has 0 fully saturated rings. The number of carbonyl (C=O) groups excluding carboxylic acids is 2. The average molecular weight is 287 g/mol. The third kappa shape index (κ3) is 3.46. The Balaban J connectivity index is 2.17. The highest BCUT2D eigenvalue weighted by molar-refractivity contribution is 5.99. The number of para-hydroxylation sites is 1. The number of hydrogen-bond acceptors (Lipinski definition) is 5. The van der Waals surface area contributed by atoms with E-state index in [4.69, 9.17) is 5.84 Å². The molecule has 0 aliphatic heterocycles. The molecule has 5 N–H and O–H groups in total. The van der Waals surface area contributed by atoms with Crippen LogP contribution in [0.1, 0.15) is 16.9 Å². The van der Waals surface area contributed by atoms with Crippen LogP contribution in [0, 0.1) is 0 Å². The van der Waals surface area contributed by atoms with E-state index in [0.717, 1.165) is 5.39 Å². The predicted molar refractivity (Wildman–Crippen MR) is 80.6 cm³/mol. The molecule has 0 bridgehead atoms. The zero-order valence-corrected chi connectivity index (χ0v) is 11.6. The molecule has 21 heavy (non-hydrogen) atoms. The van der Waals surface area contributed by atoms with E-state index in [1.807, 2.05) is 18.2 Å². The van der Waals surface area contributed by atoms with Crippen molar-refractivity contribution < 1.29 is 9.59 Å². The first kappa shape index (κ1) is 14.7. The van der Waals surface area contributed by atoms with Gasteiger partial charge in [0.05, 0.1) is 11.2 Å². The summed E-state index contributed by atoms with van der Waals surface area (Å²) in [6, 6.07) is 8.96. The third-order valence-electron chi connectivity index (χ3n) is 3.02. The normalized spacial score (nSPS) is 10.2. The number of fused-ring (bicyclic) bond motifs is 1. The van der Waals surface area contributed by atoms with Crippen molar-refractivity contribution in [1.29, 1.82) is 0 Å². The van der Waals surface area contributed by atoms with Crippen molar-refractivity contribution >= 4 is 28.4 Å². The molecule has 0 saturated carbocycles. The Kier molecular flexibility index (Phi) is 4.68. The Morgan fingerprint density at radius 1 is 1.29 bits per heavy atom. The Bertz CT molecular complexity index is 671. The van der Waals surface area contributed by atoms with Gasteiger partial charge in [-0.1, -0.05) is 18.2 Å². The molecule has 0 atom stereocenters. The van der Waals surface area contributed by atoms with E-state index in [2.05, 4.69) is 21.0 Å². The van der Waals surface area contributed by atoms with Crippen LogP contribution in [0.4, 0.5) is 5.69 Å². The Morgan fingerprint density at radius 2 is 2.05 bits per heavy atom. The first-order chi connectivity index (χ1) is 10.2. The van der Waals surface area contributed by atoms with Gasteiger partial charge in [-0.3, -0.25) is 15.4 Å². The number of amides is 2. The van der Waals surface area contributed by atoms with E-state index < -0.39 is 0 Å². The minimum Gasteiger partial charge on any atom is -0.359 e. The number of hydrazine groups is 1. The molecule has 1 heterocycles. The lowest BCUT2D eigenvalue weighted by Gasteiger charge is -2.09. The summed E-state index contributed by atoms with van der Waals surface area (Å²) in [4.78, 5) is 27.4. The lowest BCUT2D eigenvalue weighted by atomic mass is 10.1. The summed E-state index contributed by atoms with van der Waals surface area (Å²) in [5, 5.41) is 5.97. The van der Waals surface area contributed by atoms with Crippen LogP contribution in [0.25, 0.3) is 10.9 Å². The van der Waals surface area contributed by atoms with Gasteiger partial charge in [0.2, 0.25) is 5.91 Å². The van der Waals surface area contributed by atoms with Crippen molar-refractivity contribution in [1.82, 2.24) is 15.6 Å². The largest absolute Gasteiger partial charge is 0.359 e. The molecular weight excluding hydrogens is 270 g/mol. The number of nitrogen functional groups attached to an aromatic ring is 1. The van der Waals surface area contributed by atoms with Crippen molar-refractivity contribution in [2.45, 2.75) is 6.42 Å². The number of nitrogens with two attached hydrogens (primary N) is 1. The summed E-state index contributed by atoms with van der Waals surface area (Å²) in [6.45, 7) is 0.248. The van der Waals surface area contributed by atoms with E-state index in [-0.39, 0.29) is 30.5 Å². The Morgan fingerprint density at radius 3 is 2.76 bits per heavy atom. The summed E-state index contributed by atoms with van der Waals surface area (Å²) < 4.78 is 0. The number of nitrogens with one attached hydrogen (secondary N) is 3. The highest BCUT2D eigenvalue weighted by Crippen LogP contribution is 2.22. The second kappa shape index (κ2) is 6.67. The van der Waals surface area contributed by atoms with Gasteiger partial charge in [-0.15, -0.1) is 0 Å². The lowest BCUT2D eigenvalue weighted by Crippen LogP contribution is -2.29. The van der Waals surface area contributed by atoms with Crippen molar-refractivity contribution in [3.8, 4) is 0 Å². The number of carbonyl (C=O) groups is 2. The fourth-order valence-corrected chi connectivity index (χ4v) is 1.92. The predicted octanol–water partition coefficient (Wildman–Crippen LogP) is 0.386. The number of rotatable bonds is 5. The summed E-state index contributed by atoms with van der Waals surface area (Å²) >= 11 is 0. The molecule has 2 aromatic rings. The van der Waals surface area contributed by atoms with Gasteiger partial charge in [0.25, 0.3) is 5.91 Å². The highest BCUT2D eigenvalue weighted by atomic mass is 16.2. The van der Waals surface area contributed by atoms with E-state index in [1.165, 1.54) is 0 Å². The molecule has 7 nitrogen and oxygen atoms in total. The molecule has 0 unspecified atom stereocenters. The van der Waals surface area contributed by atoms with E-state index in [9.17, 15) is 9.59 Å². The minimum absolute atomic E-state index is 0.133. The fourth-order valence-electron chi connectivity index (χ4n) is 1.92. The molecule has 0 aliphatic carbocycles. The number of hydrogen-bond donors (Lipinski definition) is 4. The number of benzene rings is 1. The van der Waals surface area contributed by atoms with Gasteiger partial charge >= 0.3 is 0 Å². The molecule has 0 aliphatic rings. The maximum atomic E-state index is 12.1. The molecule has 0 saturated heterocycles. The zero-order chi connectivity index (χ0) is 15.2. The van der Waals surface area contributed by atoms with Gasteiger partial charge in [-0.05, 0) is 12.1 Å². The van der Waals surface area contributed by atoms with Gasteiger partial charge in [-0.25, -0.2) is 4.98 Å². The third-order valence-corrected chi connectivity index (χ3v) is 3.02. The van der Waals surface area contributed by atoms with Crippen molar-refractivity contribution in [3.63, 3.8) is 0 Å². The van der Waals surface area contributed by atoms with Crippen molar-refractivity contribution in [2.75, 3.05) is 19.0 Å². The number of anilines is 1. The van der Waals surface area contributed by atoms with Crippen molar-refractivity contribution in [2.24, 2.45) is 5.84 Å². The summed E-state index contributed by atoms with van der Waals surface area (Å²) in [5.41, 5.74) is 4.11. The van der Waals surface area contributed by atoms with E-state index in [1.54, 1.807) is 19.2 Å². The molecule has 2 rings (SSSR count). The molecule has 0 radical (unpaired) electrons. The SMILES string of the molecule is CNC(=O)CCNC(=O)c1cc(NN)c2ccccc2n1. The van der Waals surface area contributed by atoms with Crippen LogP contribution in [0.3, 0.4) is 0 Å². The number of pyridine rings is 1. The van der Waals surface area contributed by atoms with Gasteiger partial charge in [0, 0.05) is 25.4 Å². The minimum atomic E-state index is -0.346. The quantitative estimate of drug-likeness (QED) is 0.470. The van der Waals surface area contributed by atoms with E-state index in [0.29, 0.717) is 11.2 Å². The molecule has 110 valence electrons. The number of nitrogens with zero attached hydrogens (tertiary/aromatic N) is 1. The standard InChI is InChI=1S/C14H17N5O2/c1-16-13(20)6-7-17-14(21)12-8-11(19-15)9-4-2-3-5-10(9)18-12/h2-5,8H,6-7,15H2,1H3,(H,16,20)(H,17,21)(H,18,19). The monoisotopic (exact) mass is 287 g/mol. The molecule has 2 amide bonds. The van der Waals surface area contributed by atoms with Gasteiger partial charge in [0.1, 0.15) is 5.69 Å². The van der Waals surface area contributed by atoms with Gasteiger partial charge < -0.3 is 16.1 Å². The van der Waals surface area contributed by atoms with Crippen LogP contribution in [0.15, 0.2) is 30.3 Å². The summed E-state index contributed by atoms with van der Waals surface area (Å²) in [7, 11) is 1.55. The fraction of sp³-hybridized carbons (Fsp3) is 0.214. The first-order valence-corrected chi connectivity index (χ1v) is 6.51. The first-order valence-electron chi connectivity index (χ1n) is 6.51. The molecule has 1 aromatic heterocycles. The average Bonchev–Trinajstić information content (AvgIpc) is 2.53. The molecule has 0 spiro atoms. The van der Waals surface area contributed by atoms with Crippen LogP contribution in [0.2, 0.25) is 0 Å². The maximum Gasteiger partial charge on any atom is 0.269 e. The van der Waals surface area contributed by atoms with Gasteiger partial charge in [0.15, 0.2) is 0 Å². The summed E-state index contributed by atoms with van der Waals surface area (Å²) in [5.74, 6) is 5.00. The van der Waals surface area contributed by atoms with E-state index >= 15 is 0 Å². The smallest absolute Gasteiger partial charge is 0.269 e. The Hall–Kier alpha value is -2.67. The Labute approximate surface area is 121 Å². The molecule has 1 aromatic carbocycles.